The molecule has 3 heterocycles. The Labute approximate surface area is 214 Å². The normalized spacial score (nSPS) is 22.2. The van der Waals surface area contributed by atoms with E-state index >= 15 is 0 Å². The summed E-state index contributed by atoms with van der Waals surface area (Å²) in [4.78, 5) is 33.2. The first-order valence-corrected chi connectivity index (χ1v) is 12.7. The van der Waals surface area contributed by atoms with Gasteiger partial charge >= 0.3 is 5.97 Å². The summed E-state index contributed by atoms with van der Waals surface area (Å²) in [7, 11) is 1.56. The van der Waals surface area contributed by atoms with Gasteiger partial charge in [0.15, 0.2) is 11.8 Å². The van der Waals surface area contributed by atoms with Crippen LogP contribution in [0.15, 0.2) is 48.2 Å². The number of hydrogen-bond acceptors (Lipinski definition) is 7. The highest BCUT2D eigenvalue weighted by molar-refractivity contribution is 7.09. The van der Waals surface area contributed by atoms with E-state index in [1.54, 1.807) is 49.3 Å². The lowest BCUT2D eigenvalue weighted by Gasteiger charge is -2.38. The second-order valence-corrected chi connectivity index (χ2v) is 11.2. The Kier molecular flexibility index (Phi) is 6.94. The SMILES string of the molecule is COc1cc(C(=O)N2C(c3nccs3)OC(C(C)C)C2(Cn2cccn2)C(=O)O)ccc1C(C)(C)C. The van der Waals surface area contributed by atoms with E-state index in [1.165, 1.54) is 20.9 Å². The van der Waals surface area contributed by atoms with Gasteiger partial charge in [-0.3, -0.25) is 14.4 Å². The largest absolute Gasteiger partial charge is 0.496 e. The number of carboxylic acid groups (broad SMARTS) is 1. The molecule has 3 atom stereocenters. The smallest absolute Gasteiger partial charge is 0.334 e. The molecule has 1 aromatic carbocycles. The monoisotopic (exact) mass is 512 g/mol. The van der Waals surface area contributed by atoms with Gasteiger partial charge < -0.3 is 14.6 Å². The molecule has 1 N–H and O–H groups in total. The summed E-state index contributed by atoms with van der Waals surface area (Å²) in [6.45, 7) is 9.88. The van der Waals surface area contributed by atoms with Crippen molar-refractivity contribution in [3.8, 4) is 5.75 Å². The number of nitrogens with zero attached hydrogens (tertiary/aromatic N) is 4. The molecule has 0 saturated carbocycles. The van der Waals surface area contributed by atoms with Crippen LogP contribution in [0.2, 0.25) is 0 Å². The third-order valence-electron chi connectivity index (χ3n) is 6.49. The second-order valence-electron chi connectivity index (χ2n) is 10.3. The van der Waals surface area contributed by atoms with E-state index in [4.69, 9.17) is 9.47 Å². The molecule has 3 unspecified atom stereocenters. The van der Waals surface area contributed by atoms with E-state index in [0.717, 1.165) is 5.56 Å². The standard InChI is InChI=1S/C26H32N4O5S/c1-16(2)20-26(24(32)33,15-29-12-7-10-28-29)30(23(35-20)21-27-11-13-36-21)22(31)17-8-9-18(25(3,4)5)19(14-17)34-6/h7-14,16,20,23H,15H2,1-6H3,(H,32,33). The summed E-state index contributed by atoms with van der Waals surface area (Å²) in [5.74, 6) is -1.29. The molecule has 1 fully saturated rings. The predicted octanol–water partition coefficient (Wildman–Crippen LogP) is 4.37. The lowest BCUT2D eigenvalue weighted by molar-refractivity contribution is -0.152. The molecule has 9 nitrogen and oxygen atoms in total. The number of carbonyl (C=O) groups excluding carboxylic acids is 1. The Balaban J connectivity index is 1.91. The van der Waals surface area contributed by atoms with Crippen LogP contribution in [-0.2, 0) is 21.5 Å². The number of thiazole rings is 1. The van der Waals surface area contributed by atoms with Gasteiger partial charge in [0.2, 0.25) is 0 Å². The number of carbonyl (C=O) groups is 2. The van der Waals surface area contributed by atoms with Crippen LogP contribution in [-0.4, -0.2) is 55.4 Å². The van der Waals surface area contributed by atoms with Gasteiger partial charge in [0.1, 0.15) is 10.8 Å². The van der Waals surface area contributed by atoms with E-state index in [2.05, 4.69) is 30.9 Å². The molecule has 1 saturated heterocycles. The van der Waals surface area contributed by atoms with Crippen molar-refractivity contribution in [1.82, 2.24) is 19.7 Å². The minimum atomic E-state index is -1.73. The predicted molar refractivity (Wildman–Crippen MR) is 135 cm³/mol. The molecule has 2 aromatic heterocycles. The lowest BCUT2D eigenvalue weighted by Crippen LogP contribution is -2.62. The molecule has 0 radical (unpaired) electrons. The van der Waals surface area contributed by atoms with Crippen molar-refractivity contribution in [3.63, 3.8) is 0 Å². The van der Waals surface area contributed by atoms with E-state index < -0.39 is 29.7 Å². The van der Waals surface area contributed by atoms with Crippen LogP contribution in [0, 0.1) is 5.92 Å². The lowest BCUT2D eigenvalue weighted by atomic mass is 9.83. The number of amides is 1. The number of aromatic nitrogens is 3. The highest BCUT2D eigenvalue weighted by Crippen LogP contribution is 2.47. The van der Waals surface area contributed by atoms with Crippen LogP contribution in [0.5, 0.6) is 5.75 Å². The molecule has 3 aromatic rings. The number of methoxy groups -OCH3 is 1. The Morgan fingerprint density at radius 3 is 2.56 bits per heavy atom. The zero-order chi connectivity index (χ0) is 26.3. The van der Waals surface area contributed by atoms with Crippen LogP contribution in [0.1, 0.15) is 61.8 Å². The van der Waals surface area contributed by atoms with Crippen LogP contribution in [0.3, 0.4) is 0 Å². The van der Waals surface area contributed by atoms with Gasteiger partial charge in [-0.15, -0.1) is 11.3 Å². The number of benzene rings is 1. The molecule has 0 bridgehead atoms. The topological polar surface area (TPSA) is 107 Å². The fourth-order valence-electron chi connectivity index (χ4n) is 4.86. The molecule has 0 spiro atoms. The number of hydrogen-bond donors (Lipinski definition) is 1. The minimum absolute atomic E-state index is 0.0804. The molecular weight excluding hydrogens is 480 g/mol. The molecule has 1 aliphatic heterocycles. The molecule has 192 valence electrons. The molecule has 10 heteroatoms. The van der Waals surface area contributed by atoms with E-state index in [0.29, 0.717) is 16.3 Å². The zero-order valence-electron chi connectivity index (χ0n) is 21.3. The summed E-state index contributed by atoms with van der Waals surface area (Å²) in [6, 6.07) is 6.96. The van der Waals surface area contributed by atoms with Gasteiger partial charge in [-0.05, 0) is 35.1 Å². The van der Waals surface area contributed by atoms with Gasteiger partial charge in [0.25, 0.3) is 5.91 Å². The van der Waals surface area contributed by atoms with Gasteiger partial charge in [-0.25, -0.2) is 9.78 Å². The maximum absolute atomic E-state index is 14.3. The van der Waals surface area contributed by atoms with E-state index in [9.17, 15) is 14.7 Å². The first kappa shape index (κ1) is 25.8. The van der Waals surface area contributed by atoms with Crippen LogP contribution >= 0.6 is 11.3 Å². The summed E-state index contributed by atoms with van der Waals surface area (Å²) in [6.07, 6.45) is 3.10. The molecule has 0 aliphatic carbocycles. The first-order chi connectivity index (χ1) is 17.0. The van der Waals surface area contributed by atoms with Gasteiger partial charge in [0.05, 0.1) is 19.8 Å². The van der Waals surface area contributed by atoms with Crippen molar-refractivity contribution in [2.75, 3.05) is 7.11 Å². The summed E-state index contributed by atoms with van der Waals surface area (Å²) < 4.78 is 13.5. The zero-order valence-corrected chi connectivity index (χ0v) is 22.2. The number of ether oxygens (including phenoxy) is 2. The van der Waals surface area contributed by atoms with Crippen molar-refractivity contribution in [2.45, 2.75) is 64.4 Å². The number of carboxylic acids is 1. The Hall–Kier alpha value is -3.24. The Bertz CT molecular complexity index is 1220. The molecular formula is C26H32N4O5S. The average Bonchev–Trinajstić information content (AvgIpc) is 3.58. The molecule has 1 aliphatic rings. The molecule has 36 heavy (non-hydrogen) atoms. The molecule has 4 rings (SSSR count). The summed E-state index contributed by atoms with van der Waals surface area (Å²) in [5.41, 5.74) is -0.693. The fraction of sp³-hybridized carbons (Fsp3) is 0.462. The molecule has 1 amide bonds. The fourth-order valence-corrected chi connectivity index (χ4v) is 5.52. The first-order valence-electron chi connectivity index (χ1n) is 11.8. The van der Waals surface area contributed by atoms with Crippen molar-refractivity contribution in [1.29, 1.82) is 0 Å². The quantitative estimate of drug-likeness (QED) is 0.501. The number of aliphatic carboxylic acids is 1. The maximum atomic E-state index is 14.3. The summed E-state index contributed by atoms with van der Waals surface area (Å²) >= 11 is 1.31. The van der Waals surface area contributed by atoms with Crippen LogP contribution < -0.4 is 4.74 Å². The number of rotatable bonds is 7. The van der Waals surface area contributed by atoms with Gasteiger partial charge in [-0.2, -0.15) is 5.10 Å². The van der Waals surface area contributed by atoms with Crippen molar-refractivity contribution in [3.05, 3.63) is 64.4 Å². The Morgan fingerprint density at radius 1 is 1.28 bits per heavy atom. The highest BCUT2D eigenvalue weighted by Gasteiger charge is 2.64. The summed E-state index contributed by atoms with van der Waals surface area (Å²) in [5, 5.41) is 17.3. The van der Waals surface area contributed by atoms with Crippen LogP contribution in [0.4, 0.5) is 0 Å². The third kappa shape index (κ3) is 4.39. The average molecular weight is 513 g/mol. The van der Waals surface area contributed by atoms with Crippen molar-refractivity contribution in [2.24, 2.45) is 5.92 Å². The highest BCUT2D eigenvalue weighted by atomic mass is 32.1. The van der Waals surface area contributed by atoms with E-state index in [1.807, 2.05) is 19.9 Å². The van der Waals surface area contributed by atoms with Crippen molar-refractivity contribution < 1.29 is 24.2 Å². The van der Waals surface area contributed by atoms with Gasteiger partial charge in [0, 0.05) is 29.5 Å². The third-order valence-corrected chi connectivity index (χ3v) is 7.29. The van der Waals surface area contributed by atoms with Gasteiger partial charge in [-0.1, -0.05) is 40.7 Å². The van der Waals surface area contributed by atoms with Crippen LogP contribution in [0.25, 0.3) is 0 Å². The maximum Gasteiger partial charge on any atom is 0.334 e. The van der Waals surface area contributed by atoms with Crippen molar-refractivity contribution >= 4 is 23.2 Å². The van der Waals surface area contributed by atoms with E-state index in [-0.39, 0.29) is 17.9 Å². The minimum Gasteiger partial charge on any atom is -0.496 e. The Morgan fingerprint density at radius 2 is 2.03 bits per heavy atom. The second kappa shape index (κ2) is 9.67.